The van der Waals surface area contributed by atoms with E-state index in [2.05, 4.69) is 36.6 Å². The molecule has 1 aromatic heterocycles. The second-order valence-electron chi connectivity index (χ2n) is 4.76. The SMILES string of the molecule is O=S(=O)(N[C@H]1c2ccccc2C[C@H]1O)c1cc(Br)sc1Br. The zero-order chi connectivity index (χ0) is 15.2. The van der Waals surface area contributed by atoms with Crippen LogP contribution in [-0.2, 0) is 16.4 Å². The molecule has 0 unspecified atom stereocenters. The third-order valence-electron chi connectivity index (χ3n) is 3.40. The number of rotatable bonds is 3. The van der Waals surface area contributed by atoms with Crippen LogP contribution in [0.25, 0.3) is 0 Å². The Morgan fingerprint density at radius 2 is 2.00 bits per heavy atom. The normalized spacial score (nSPS) is 21.5. The van der Waals surface area contributed by atoms with E-state index in [1.807, 2.05) is 24.3 Å². The molecule has 0 spiro atoms. The first-order valence-corrected chi connectivity index (χ1v) is 10.00. The molecule has 21 heavy (non-hydrogen) atoms. The summed E-state index contributed by atoms with van der Waals surface area (Å²) in [5, 5.41) is 10.1. The van der Waals surface area contributed by atoms with Gasteiger partial charge in [0.25, 0.3) is 0 Å². The summed E-state index contributed by atoms with van der Waals surface area (Å²) in [6.45, 7) is 0. The third-order valence-corrected chi connectivity index (χ3v) is 7.60. The van der Waals surface area contributed by atoms with Gasteiger partial charge in [0, 0.05) is 6.42 Å². The van der Waals surface area contributed by atoms with Gasteiger partial charge in [-0.05, 0) is 49.1 Å². The molecule has 0 fully saturated rings. The van der Waals surface area contributed by atoms with Crippen LogP contribution in [0.2, 0.25) is 0 Å². The van der Waals surface area contributed by atoms with Gasteiger partial charge in [-0.15, -0.1) is 11.3 Å². The zero-order valence-electron chi connectivity index (χ0n) is 10.6. The second kappa shape index (κ2) is 5.75. The maximum atomic E-state index is 12.5. The average molecular weight is 453 g/mol. The Morgan fingerprint density at radius 1 is 1.29 bits per heavy atom. The van der Waals surface area contributed by atoms with E-state index in [9.17, 15) is 13.5 Å². The number of benzene rings is 1. The Kier molecular flexibility index (Phi) is 4.28. The number of aliphatic hydroxyl groups excluding tert-OH is 1. The summed E-state index contributed by atoms with van der Waals surface area (Å²) >= 11 is 7.82. The summed E-state index contributed by atoms with van der Waals surface area (Å²) in [5.41, 5.74) is 1.81. The highest BCUT2D eigenvalue weighted by molar-refractivity contribution is 9.12. The first-order chi connectivity index (χ1) is 9.88. The van der Waals surface area contributed by atoms with Crippen molar-refractivity contribution in [1.82, 2.24) is 4.72 Å². The van der Waals surface area contributed by atoms with Crippen molar-refractivity contribution in [2.75, 3.05) is 0 Å². The molecular formula is C13H11Br2NO3S2. The van der Waals surface area contributed by atoms with Crippen molar-refractivity contribution in [2.45, 2.75) is 23.5 Å². The van der Waals surface area contributed by atoms with Crippen LogP contribution in [-0.4, -0.2) is 19.6 Å². The van der Waals surface area contributed by atoms with Gasteiger partial charge in [0.2, 0.25) is 10.0 Å². The molecule has 1 aromatic carbocycles. The largest absolute Gasteiger partial charge is 0.391 e. The van der Waals surface area contributed by atoms with Gasteiger partial charge in [0.1, 0.15) is 4.90 Å². The summed E-state index contributed by atoms with van der Waals surface area (Å²) in [4.78, 5) is 0.177. The van der Waals surface area contributed by atoms with Crippen LogP contribution in [0.5, 0.6) is 0 Å². The molecule has 3 rings (SSSR count). The minimum absolute atomic E-state index is 0.177. The van der Waals surface area contributed by atoms with E-state index in [4.69, 9.17) is 0 Å². The van der Waals surface area contributed by atoms with Crippen LogP contribution in [0.1, 0.15) is 17.2 Å². The quantitative estimate of drug-likeness (QED) is 0.751. The van der Waals surface area contributed by atoms with E-state index in [-0.39, 0.29) is 4.90 Å². The van der Waals surface area contributed by atoms with E-state index >= 15 is 0 Å². The average Bonchev–Trinajstić information content (AvgIpc) is 2.91. The van der Waals surface area contributed by atoms with Crippen LogP contribution in [0.3, 0.4) is 0 Å². The predicted molar refractivity (Wildman–Crippen MR) is 88.9 cm³/mol. The molecule has 0 bridgehead atoms. The van der Waals surface area contributed by atoms with Gasteiger partial charge in [-0.1, -0.05) is 24.3 Å². The summed E-state index contributed by atoms with van der Waals surface area (Å²) in [7, 11) is -3.71. The van der Waals surface area contributed by atoms with Crippen LogP contribution in [0.15, 0.2) is 42.8 Å². The van der Waals surface area contributed by atoms with Crippen molar-refractivity contribution >= 4 is 53.2 Å². The molecule has 4 nitrogen and oxygen atoms in total. The van der Waals surface area contributed by atoms with Crippen LogP contribution in [0.4, 0.5) is 0 Å². The van der Waals surface area contributed by atoms with Crippen molar-refractivity contribution in [1.29, 1.82) is 0 Å². The minimum Gasteiger partial charge on any atom is -0.391 e. The first-order valence-electron chi connectivity index (χ1n) is 6.11. The van der Waals surface area contributed by atoms with Gasteiger partial charge >= 0.3 is 0 Å². The Hall–Kier alpha value is -0.250. The van der Waals surface area contributed by atoms with Crippen LogP contribution >= 0.6 is 43.2 Å². The smallest absolute Gasteiger partial charge is 0.243 e. The highest BCUT2D eigenvalue weighted by Gasteiger charge is 2.35. The molecule has 0 radical (unpaired) electrons. The third kappa shape index (κ3) is 2.97. The summed E-state index contributed by atoms with van der Waals surface area (Å²) in [6.07, 6.45) is -0.296. The lowest BCUT2D eigenvalue weighted by Crippen LogP contribution is -2.33. The first kappa shape index (κ1) is 15.6. The van der Waals surface area contributed by atoms with E-state index in [1.54, 1.807) is 6.07 Å². The summed E-state index contributed by atoms with van der Waals surface area (Å²) < 4.78 is 28.9. The molecule has 2 N–H and O–H groups in total. The van der Waals surface area contributed by atoms with Crippen molar-refractivity contribution in [3.8, 4) is 0 Å². The van der Waals surface area contributed by atoms with Gasteiger partial charge in [0.05, 0.1) is 19.7 Å². The second-order valence-corrected chi connectivity index (χ2v) is 10.2. The topological polar surface area (TPSA) is 66.4 Å². The lowest BCUT2D eigenvalue weighted by Gasteiger charge is -2.17. The lowest BCUT2D eigenvalue weighted by atomic mass is 10.1. The molecule has 2 atom stereocenters. The molecule has 8 heteroatoms. The molecule has 0 saturated carbocycles. The molecule has 112 valence electrons. The van der Waals surface area contributed by atoms with Crippen molar-refractivity contribution in [2.24, 2.45) is 0 Å². The number of aliphatic hydroxyl groups is 1. The molecule has 0 saturated heterocycles. The van der Waals surface area contributed by atoms with Crippen molar-refractivity contribution < 1.29 is 13.5 Å². The Balaban J connectivity index is 1.95. The molecule has 2 aromatic rings. The molecule has 0 aliphatic heterocycles. The van der Waals surface area contributed by atoms with Gasteiger partial charge in [-0.2, -0.15) is 0 Å². The van der Waals surface area contributed by atoms with E-state index < -0.39 is 22.2 Å². The molecule has 1 aliphatic rings. The number of hydrogen-bond donors (Lipinski definition) is 2. The number of fused-ring (bicyclic) bond motifs is 1. The maximum absolute atomic E-state index is 12.5. The fourth-order valence-corrected chi connectivity index (χ4v) is 7.52. The van der Waals surface area contributed by atoms with E-state index in [0.717, 1.165) is 14.9 Å². The van der Waals surface area contributed by atoms with E-state index in [1.165, 1.54) is 11.3 Å². The van der Waals surface area contributed by atoms with Gasteiger partial charge in [0.15, 0.2) is 0 Å². The fourth-order valence-electron chi connectivity index (χ4n) is 2.45. The molecule has 1 aliphatic carbocycles. The van der Waals surface area contributed by atoms with Gasteiger partial charge < -0.3 is 5.11 Å². The summed E-state index contributed by atoms with van der Waals surface area (Å²) in [5.74, 6) is 0. The fraction of sp³-hybridized carbons (Fsp3) is 0.231. The highest BCUT2D eigenvalue weighted by Crippen LogP contribution is 2.37. The minimum atomic E-state index is -3.71. The molecule has 0 amide bonds. The van der Waals surface area contributed by atoms with Crippen LogP contribution < -0.4 is 4.72 Å². The van der Waals surface area contributed by atoms with Crippen LogP contribution in [0, 0.1) is 0 Å². The number of thiophene rings is 1. The number of hydrogen-bond acceptors (Lipinski definition) is 4. The zero-order valence-corrected chi connectivity index (χ0v) is 15.4. The number of halogens is 2. The Labute approximate surface area is 143 Å². The van der Waals surface area contributed by atoms with Crippen molar-refractivity contribution in [3.63, 3.8) is 0 Å². The predicted octanol–water partition coefficient (Wildman–Crippen LogP) is 3.21. The van der Waals surface area contributed by atoms with E-state index in [0.29, 0.717) is 10.2 Å². The Morgan fingerprint density at radius 3 is 2.67 bits per heavy atom. The number of sulfonamides is 1. The Bertz CT molecular complexity index is 788. The molecular weight excluding hydrogens is 442 g/mol. The van der Waals surface area contributed by atoms with Gasteiger partial charge in [-0.3, -0.25) is 0 Å². The maximum Gasteiger partial charge on any atom is 0.243 e. The van der Waals surface area contributed by atoms with Gasteiger partial charge in [-0.25, -0.2) is 13.1 Å². The highest BCUT2D eigenvalue weighted by atomic mass is 79.9. The monoisotopic (exact) mass is 451 g/mol. The number of nitrogens with one attached hydrogen (secondary N) is 1. The molecule has 1 heterocycles. The lowest BCUT2D eigenvalue weighted by molar-refractivity contribution is 0.151. The summed E-state index contributed by atoms with van der Waals surface area (Å²) in [6, 6.07) is 8.41. The van der Waals surface area contributed by atoms with Crippen molar-refractivity contribution in [3.05, 3.63) is 49.0 Å². The standard InChI is InChI=1S/C13H11Br2NO3S2/c14-11-6-10(13(15)20-11)21(18,19)16-12-8-4-2-1-3-7(8)5-9(12)17/h1-4,6,9,12,16-17H,5H2/t9-,12+/m1/s1.